The Bertz CT molecular complexity index is 230. The second-order valence-electron chi connectivity index (χ2n) is 3.00. The van der Waals surface area contributed by atoms with E-state index in [0.717, 1.165) is 5.56 Å². The SMILES string of the molecule is CCCC[IH]c1ccc(CO)cc1. The molecule has 0 aliphatic heterocycles. The van der Waals surface area contributed by atoms with Crippen LogP contribution in [-0.2, 0) is 6.61 Å². The minimum absolute atomic E-state index is 0.0487. The van der Waals surface area contributed by atoms with Crippen molar-refractivity contribution in [3.8, 4) is 0 Å². The molecular weight excluding hydrogens is 275 g/mol. The number of rotatable bonds is 5. The summed E-state index contributed by atoms with van der Waals surface area (Å²) in [6, 6.07) is 8.41. The van der Waals surface area contributed by atoms with Crippen molar-refractivity contribution in [3.63, 3.8) is 0 Å². The fourth-order valence-corrected chi connectivity index (χ4v) is 3.87. The van der Waals surface area contributed by atoms with Crippen LogP contribution in [0.5, 0.6) is 0 Å². The van der Waals surface area contributed by atoms with Crippen molar-refractivity contribution in [1.82, 2.24) is 0 Å². The van der Waals surface area contributed by atoms with E-state index in [1.54, 1.807) is 0 Å². The van der Waals surface area contributed by atoms with Crippen molar-refractivity contribution >= 4 is 21.2 Å². The van der Waals surface area contributed by atoms with Gasteiger partial charge in [-0.15, -0.1) is 0 Å². The molecule has 1 aromatic rings. The van der Waals surface area contributed by atoms with E-state index in [2.05, 4.69) is 19.1 Å². The molecule has 0 aliphatic rings. The molecule has 74 valence electrons. The van der Waals surface area contributed by atoms with E-state index in [1.807, 2.05) is 12.1 Å². The Labute approximate surface area is 90.4 Å². The first-order chi connectivity index (χ1) is 6.36. The zero-order valence-corrected chi connectivity index (χ0v) is 10.3. The summed E-state index contributed by atoms with van der Waals surface area (Å²) >= 11 is 0.0487. The van der Waals surface area contributed by atoms with E-state index in [0.29, 0.717) is 0 Å². The normalized spacial score (nSPS) is 10.6. The van der Waals surface area contributed by atoms with Crippen LogP contribution >= 0.6 is 21.2 Å². The number of aliphatic hydroxyl groups excluding tert-OH is 1. The van der Waals surface area contributed by atoms with Crippen LogP contribution in [0.4, 0.5) is 0 Å². The topological polar surface area (TPSA) is 20.2 Å². The van der Waals surface area contributed by atoms with Crippen molar-refractivity contribution in [2.45, 2.75) is 26.4 Å². The molecule has 0 saturated carbocycles. The van der Waals surface area contributed by atoms with E-state index in [1.165, 1.54) is 20.8 Å². The van der Waals surface area contributed by atoms with Gasteiger partial charge in [-0.3, -0.25) is 0 Å². The molecule has 0 bridgehead atoms. The fourth-order valence-electron chi connectivity index (χ4n) is 1.03. The maximum atomic E-state index is 8.85. The van der Waals surface area contributed by atoms with Crippen LogP contribution in [0, 0.1) is 3.57 Å². The van der Waals surface area contributed by atoms with Crippen LogP contribution in [0.25, 0.3) is 0 Å². The predicted molar refractivity (Wildman–Crippen MR) is 66.3 cm³/mol. The standard InChI is InChI=1S/C11H17IO/c1-2-3-8-12-11-6-4-10(9-13)5-7-11/h4-7,12-13H,2-3,8-9H2,1H3. The van der Waals surface area contributed by atoms with Gasteiger partial charge in [-0.2, -0.15) is 0 Å². The molecule has 0 unspecified atom stereocenters. The van der Waals surface area contributed by atoms with Crippen LogP contribution in [0.1, 0.15) is 25.3 Å². The molecule has 1 nitrogen and oxygen atoms in total. The first-order valence-corrected chi connectivity index (χ1v) is 7.50. The van der Waals surface area contributed by atoms with Crippen molar-refractivity contribution in [1.29, 1.82) is 0 Å². The molecule has 0 spiro atoms. The first-order valence-electron chi connectivity index (χ1n) is 4.69. The molecule has 0 aromatic heterocycles. The van der Waals surface area contributed by atoms with Gasteiger partial charge in [-0.05, 0) is 0 Å². The Morgan fingerprint density at radius 3 is 2.46 bits per heavy atom. The summed E-state index contributed by atoms with van der Waals surface area (Å²) in [6.07, 6.45) is 2.67. The number of hydrogen-bond donors (Lipinski definition) is 1. The Hall–Kier alpha value is -0.0900. The summed E-state index contributed by atoms with van der Waals surface area (Å²) in [6.45, 7) is 2.40. The van der Waals surface area contributed by atoms with E-state index < -0.39 is 0 Å². The van der Waals surface area contributed by atoms with Gasteiger partial charge in [0.25, 0.3) is 0 Å². The molecule has 0 amide bonds. The zero-order valence-electron chi connectivity index (χ0n) is 7.99. The van der Waals surface area contributed by atoms with Crippen LogP contribution < -0.4 is 0 Å². The number of alkyl halides is 1. The van der Waals surface area contributed by atoms with Gasteiger partial charge in [0.05, 0.1) is 0 Å². The van der Waals surface area contributed by atoms with Crippen LogP contribution in [0.15, 0.2) is 24.3 Å². The zero-order chi connectivity index (χ0) is 9.52. The Morgan fingerprint density at radius 2 is 1.92 bits per heavy atom. The number of benzene rings is 1. The molecule has 0 aliphatic carbocycles. The molecule has 0 radical (unpaired) electrons. The third-order valence-corrected chi connectivity index (χ3v) is 5.01. The van der Waals surface area contributed by atoms with Crippen molar-refractivity contribution in [3.05, 3.63) is 33.4 Å². The molecule has 1 N–H and O–H groups in total. The Kier molecular flexibility index (Phi) is 5.39. The van der Waals surface area contributed by atoms with Crippen molar-refractivity contribution in [2.75, 3.05) is 4.43 Å². The summed E-state index contributed by atoms with van der Waals surface area (Å²) in [5.74, 6) is 0. The van der Waals surface area contributed by atoms with Crippen molar-refractivity contribution < 1.29 is 5.11 Å². The van der Waals surface area contributed by atoms with Crippen LogP contribution in [0.3, 0.4) is 0 Å². The predicted octanol–water partition coefficient (Wildman–Crippen LogP) is 2.85. The molecule has 0 heterocycles. The molecule has 13 heavy (non-hydrogen) atoms. The molecule has 2 heteroatoms. The monoisotopic (exact) mass is 292 g/mol. The van der Waals surface area contributed by atoms with Crippen LogP contribution in [0.2, 0.25) is 0 Å². The van der Waals surface area contributed by atoms with Gasteiger partial charge < -0.3 is 0 Å². The van der Waals surface area contributed by atoms with Gasteiger partial charge >= 0.3 is 90.5 Å². The van der Waals surface area contributed by atoms with E-state index >= 15 is 0 Å². The summed E-state index contributed by atoms with van der Waals surface area (Å²) in [5, 5.41) is 8.85. The fraction of sp³-hybridized carbons (Fsp3) is 0.455. The quantitative estimate of drug-likeness (QED) is 0.502. The second kappa shape index (κ2) is 6.38. The van der Waals surface area contributed by atoms with Crippen molar-refractivity contribution in [2.24, 2.45) is 0 Å². The first kappa shape index (κ1) is 11.0. The number of aliphatic hydroxyl groups is 1. The average molecular weight is 292 g/mol. The van der Waals surface area contributed by atoms with Gasteiger partial charge in [0, 0.05) is 0 Å². The van der Waals surface area contributed by atoms with E-state index in [4.69, 9.17) is 5.11 Å². The third-order valence-electron chi connectivity index (χ3n) is 1.87. The second-order valence-corrected chi connectivity index (χ2v) is 6.34. The Balaban J connectivity index is 2.40. The van der Waals surface area contributed by atoms with E-state index in [9.17, 15) is 0 Å². The molecule has 0 saturated heterocycles. The summed E-state index contributed by atoms with van der Waals surface area (Å²) in [4.78, 5) is 0. The molecular formula is C11H17IO. The summed E-state index contributed by atoms with van der Waals surface area (Å²) in [5.41, 5.74) is 1.02. The molecule has 1 aromatic carbocycles. The van der Waals surface area contributed by atoms with Gasteiger partial charge in [0.15, 0.2) is 0 Å². The summed E-state index contributed by atoms with van der Waals surface area (Å²) in [7, 11) is 0. The average Bonchev–Trinajstić information content (AvgIpc) is 2.19. The maximum absolute atomic E-state index is 8.85. The number of hydrogen-bond acceptors (Lipinski definition) is 1. The molecule has 1 rings (SSSR count). The van der Waals surface area contributed by atoms with E-state index in [-0.39, 0.29) is 27.8 Å². The third kappa shape index (κ3) is 4.09. The molecule has 0 atom stereocenters. The number of unbranched alkanes of at least 4 members (excludes halogenated alkanes) is 1. The van der Waals surface area contributed by atoms with Crippen LogP contribution in [-0.4, -0.2) is 9.53 Å². The van der Waals surface area contributed by atoms with Gasteiger partial charge in [0.1, 0.15) is 0 Å². The molecule has 0 fully saturated rings. The summed E-state index contributed by atoms with van der Waals surface area (Å²) < 4.78 is 2.91. The minimum atomic E-state index is 0.0487. The Morgan fingerprint density at radius 1 is 1.23 bits per heavy atom. The van der Waals surface area contributed by atoms with Gasteiger partial charge in [-0.25, -0.2) is 0 Å². The van der Waals surface area contributed by atoms with Gasteiger partial charge in [-0.1, -0.05) is 0 Å². The van der Waals surface area contributed by atoms with Gasteiger partial charge in [0.2, 0.25) is 0 Å². The number of halogens is 1.